The van der Waals surface area contributed by atoms with Crippen LogP contribution in [-0.4, -0.2) is 48.5 Å². The lowest BCUT2D eigenvalue weighted by Crippen LogP contribution is -2.44. The Bertz CT molecular complexity index is 435. The smallest absolute Gasteiger partial charge is 0.410 e. The Morgan fingerprint density at radius 2 is 2.15 bits per heavy atom. The number of carbonyl (C=O) groups excluding carboxylic acids is 1. The van der Waals surface area contributed by atoms with Gasteiger partial charge in [0.25, 0.3) is 0 Å². The van der Waals surface area contributed by atoms with E-state index < -0.39 is 12.2 Å². The van der Waals surface area contributed by atoms with Crippen molar-refractivity contribution in [2.75, 3.05) is 20.3 Å². The number of aliphatic hydroxyl groups is 1. The van der Waals surface area contributed by atoms with Crippen LogP contribution in [0.2, 0.25) is 0 Å². The van der Waals surface area contributed by atoms with Gasteiger partial charge in [-0.2, -0.15) is 0 Å². The van der Waals surface area contributed by atoms with Crippen LogP contribution >= 0.6 is 0 Å². The Morgan fingerprint density at radius 1 is 1.45 bits per heavy atom. The van der Waals surface area contributed by atoms with Crippen LogP contribution in [0.3, 0.4) is 0 Å². The molecule has 0 spiro atoms. The average molecular weight is 279 g/mol. The highest BCUT2D eigenvalue weighted by atomic mass is 16.6. The lowest BCUT2D eigenvalue weighted by atomic mass is 9.97. The Hall–Kier alpha value is -1.59. The number of hydrogen-bond donors (Lipinski definition) is 1. The van der Waals surface area contributed by atoms with Crippen LogP contribution < -0.4 is 0 Å². The van der Waals surface area contributed by atoms with Crippen LogP contribution in [0.25, 0.3) is 0 Å². The van der Waals surface area contributed by atoms with E-state index in [1.807, 2.05) is 30.3 Å². The predicted octanol–water partition coefficient (Wildman–Crippen LogP) is 1.65. The third-order valence-corrected chi connectivity index (χ3v) is 3.70. The van der Waals surface area contributed by atoms with Crippen LogP contribution in [0.1, 0.15) is 12.5 Å². The molecule has 1 fully saturated rings. The second kappa shape index (κ2) is 6.72. The van der Waals surface area contributed by atoms with E-state index in [1.54, 1.807) is 14.0 Å². The molecule has 1 saturated heterocycles. The number of hydrogen-bond acceptors (Lipinski definition) is 4. The van der Waals surface area contributed by atoms with Crippen LogP contribution in [0, 0.1) is 5.92 Å². The van der Waals surface area contributed by atoms with Crippen LogP contribution in [0.5, 0.6) is 0 Å². The van der Waals surface area contributed by atoms with E-state index in [1.165, 1.54) is 4.90 Å². The van der Waals surface area contributed by atoms with Crippen LogP contribution in [0.15, 0.2) is 30.3 Å². The maximum atomic E-state index is 12.0. The molecule has 1 aromatic rings. The van der Waals surface area contributed by atoms with Gasteiger partial charge in [-0.15, -0.1) is 0 Å². The number of carbonyl (C=O) groups is 1. The van der Waals surface area contributed by atoms with Gasteiger partial charge >= 0.3 is 6.09 Å². The summed E-state index contributed by atoms with van der Waals surface area (Å²) in [5, 5.41) is 9.70. The quantitative estimate of drug-likeness (QED) is 0.910. The highest BCUT2D eigenvalue weighted by molar-refractivity contribution is 5.67. The van der Waals surface area contributed by atoms with Gasteiger partial charge in [0.1, 0.15) is 6.61 Å². The Kier molecular flexibility index (Phi) is 4.98. The lowest BCUT2D eigenvalue weighted by Gasteiger charge is -2.28. The molecule has 1 aliphatic rings. The van der Waals surface area contributed by atoms with E-state index in [0.717, 1.165) is 5.56 Å². The first-order valence-corrected chi connectivity index (χ1v) is 6.79. The summed E-state index contributed by atoms with van der Waals surface area (Å²) in [7, 11) is 1.68. The van der Waals surface area contributed by atoms with E-state index in [9.17, 15) is 9.90 Å². The molecule has 5 nitrogen and oxygen atoms in total. The fraction of sp³-hybridized carbons (Fsp3) is 0.533. The summed E-state index contributed by atoms with van der Waals surface area (Å²) in [6.45, 7) is 2.87. The second-order valence-electron chi connectivity index (χ2n) is 5.16. The van der Waals surface area contributed by atoms with Crippen molar-refractivity contribution in [2.45, 2.75) is 25.7 Å². The fourth-order valence-electron chi connectivity index (χ4n) is 2.38. The molecule has 1 aliphatic heterocycles. The Morgan fingerprint density at radius 3 is 2.80 bits per heavy atom. The lowest BCUT2D eigenvalue weighted by molar-refractivity contribution is 0.0594. The van der Waals surface area contributed by atoms with Crippen molar-refractivity contribution in [3.05, 3.63) is 35.9 Å². The maximum absolute atomic E-state index is 12.0. The normalized spacial score (nSPS) is 23.4. The summed E-state index contributed by atoms with van der Waals surface area (Å²) in [5.41, 5.74) is 0.948. The zero-order valence-electron chi connectivity index (χ0n) is 11.9. The molecule has 1 amide bonds. The van der Waals surface area contributed by atoms with Crippen molar-refractivity contribution >= 4 is 6.09 Å². The molecular formula is C15H21NO4. The summed E-state index contributed by atoms with van der Waals surface area (Å²) in [6, 6.07) is 9.40. The molecule has 20 heavy (non-hydrogen) atoms. The first kappa shape index (κ1) is 14.8. The number of likely N-dealkylation sites (N-methyl/N-ethyl adjacent to an activating group) is 1. The van der Waals surface area contributed by atoms with Gasteiger partial charge in [0.05, 0.1) is 25.4 Å². The van der Waals surface area contributed by atoms with Gasteiger partial charge in [0, 0.05) is 13.0 Å². The van der Waals surface area contributed by atoms with E-state index in [-0.39, 0.29) is 18.6 Å². The van der Waals surface area contributed by atoms with Gasteiger partial charge in [0.15, 0.2) is 0 Å². The zero-order valence-corrected chi connectivity index (χ0v) is 11.9. The third-order valence-electron chi connectivity index (χ3n) is 3.70. The molecule has 1 N–H and O–H groups in total. The van der Waals surface area contributed by atoms with E-state index in [2.05, 4.69) is 0 Å². The third kappa shape index (κ3) is 3.49. The first-order chi connectivity index (χ1) is 9.59. The van der Waals surface area contributed by atoms with Crippen molar-refractivity contribution in [1.82, 2.24) is 4.90 Å². The molecule has 0 radical (unpaired) electrons. The minimum atomic E-state index is -0.508. The second-order valence-corrected chi connectivity index (χ2v) is 5.16. The van der Waals surface area contributed by atoms with Gasteiger partial charge in [-0.1, -0.05) is 30.3 Å². The summed E-state index contributed by atoms with van der Waals surface area (Å²) in [4.78, 5) is 13.6. The summed E-state index contributed by atoms with van der Waals surface area (Å²) < 4.78 is 10.6. The standard InChI is InChI=1S/C15H21NO4/c1-11(17)13-9-19-10-14(13)16(2)15(18)20-8-12-6-4-3-5-7-12/h3-7,11,13-14,17H,8-10H2,1-2H3. The molecule has 2 rings (SSSR count). The highest BCUT2D eigenvalue weighted by Crippen LogP contribution is 2.22. The number of nitrogens with zero attached hydrogens (tertiary/aromatic N) is 1. The van der Waals surface area contributed by atoms with E-state index in [0.29, 0.717) is 13.2 Å². The minimum Gasteiger partial charge on any atom is -0.445 e. The Labute approximate surface area is 119 Å². The van der Waals surface area contributed by atoms with Crippen LogP contribution in [-0.2, 0) is 16.1 Å². The summed E-state index contributed by atoms with van der Waals surface area (Å²) >= 11 is 0. The van der Waals surface area contributed by atoms with Crippen LogP contribution in [0.4, 0.5) is 4.79 Å². The summed E-state index contributed by atoms with van der Waals surface area (Å²) in [6.07, 6.45) is -0.901. The topological polar surface area (TPSA) is 59.0 Å². The molecule has 0 saturated carbocycles. The van der Waals surface area contributed by atoms with Crippen molar-refractivity contribution < 1.29 is 19.4 Å². The van der Waals surface area contributed by atoms with Gasteiger partial charge in [-0.05, 0) is 12.5 Å². The molecule has 3 unspecified atom stereocenters. The van der Waals surface area contributed by atoms with E-state index in [4.69, 9.17) is 9.47 Å². The largest absolute Gasteiger partial charge is 0.445 e. The molecule has 0 aliphatic carbocycles. The summed E-state index contributed by atoms with van der Waals surface area (Å²) in [5.74, 6) is -0.0655. The molecular weight excluding hydrogens is 258 g/mol. The van der Waals surface area contributed by atoms with Gasteiger partial charge in [-0.3, -0.25) is 0 Å². The van der Waals surface area contributed by atoms with Crippen molar-refractivity contribution in [1.29, 1.82) is 0 Å². The number of aliphatic hydroxyl groups excluding tert-OH is 1. The van der Waals surface area contributed by atoms with Crippen molar-refractivity contribution in [3.8, 4) is 0 Å². The first-order valence-electron chi connectivity index (χ1n) is 6.79. The van der Waals surface area contributed by atoms with Gasteiger partial charge in [-0.25, -0.2) is 4.79 Å². The predicted molar refractivity (Wildman–Crippen MR) is 74.2 cm³/mol. The minimum absolute atomic E-state index is 0.0655. The molecule has 0 bridgehead atoms. The highest BCUT2D eigenvalue weighted by Gasteiger charge is 2.37. The molecule has 1 aromatic carbocycles. The van der Waals surface area contributed by atoms with Gasteiger partial charge in [0.2, 0.25) is 0 Å². The number of rotatable bonds is 4. The molecule has 3 atom stereocenters. The molecule has 0 aromatic heterocycles. The monoisotopic (exact) mass is 279 g/mol. The zero-order chi connectivity index (χ0) is 14.5. The maximum Gasteiger partial charge on any atom is 0.410 e. The number of benzene rings is 1. The van der Waals surface area contributed by atoms with Gasteiger partial charge < -0.3 is 19.5 Å². The number of amides is 1. The average Bonchev–Trinajstić information content (AvgIpc) is 2.94. The Balaban J connectivity index is 1.88. The fourth-order valence-corrected chi connectivity index (χ4v) is 2.38. The molecule has 110 valence electrons. The van der Waals surface area contributed by atoms with Crippen molar-refractivity contribution in [2.24, 2.45) is 5.92 Å². The SMILES string of the molecule is CC(O)C1COCC1N(C)C(=O)OCc1ccccc1. The van der Waals surface area contributed by atoms with Crippen molar-refractivity contribution in [3.63, 3.8) is 0 Å². The van der Waals surface area contributed by atoms with E-state index >= 15 is 0 Å². The molecule has 1 heterocycles. The molecule has 5 heteroatoms. The number of ether oxygens (including phenoxy) is 2.